The normalized spacial score (nSPS) is 28.4. The molecule has 2 bridgehead atoms. The summed E-state index contributed by atoms with van der Waals surface area (Å²) in [6.45, 7) is 16.6. The van der Waals surface area contributed by atoms with Crippen LogP contribution in [0.2, 0.25) is 0 Å². The molecule has 0 radical (unpaired) electrons. The Kier molecular flexibility index (Phi) is 10.4. The van der Waals surface area contributed by atoms with Gasteiger partial charge in [0.25, 0.3) is 0 Å². The molecule has 3 amide bonds. The monoisotopic (exact) mass is 626 g/mol. The van der Waals surface area contributed by atoms with Crippen molar-refractivity contribution in [1.82, 2.24) is 14.7 Å². The van der Waals surface area contributed by atoms with E-state index in [1.807, 2.05) is 31.2 Å². The van der Waals surface area contributed by atoms with Crippen LogP contribution in [0.5, 0.6) is 5.75 Å². The van der Waals surface area contributed by atoms with Gasteiger partial charge < -0.3 is 29.3 Å². The standard InChI is InChI=1S/C33H46N4O6S/c1-5-14-35(17-16-34-18-20-42-21-19-34)32(41)29-33-13-12-26(44-33)27(28(33)31(40)37(29)23(4)22-38)30(39)36(15-6-2)24-8-10-25(11-9-24)43-7-3/h5-6,8-11,23,26-29,38H,1-2,7,12-22H2,3-4H3/t23-,26+,27-,28+,29?,33?/m1/s1. The maximum atomic E-state index is 14.6. The zero-order chi connectivity index (χ0) is 31.4. The summed E-state index contributed by atoms with van der Waals surface area (Å²) in [6, 6.07) is 6.06. The number of aliphatic hydroxyl groups is 1. The second-order valence-electron chi connectivity index (χ2n) is 12.0. The number of rotatable bonds is 14. The first-order valence-corrected chi connectivity index (χ1v) is 16.6. The van der Waals surface area contributed by atoms with Crippen LogP contribution in [-0.4, -0.2) is 125 Å². The van der Waals surface area contributed by atoms with E-state index >= 15 is 0 Å². The van der Waals surface area contributed by atoms with E-state index in [0.717, 1.165) is 25.3 Å². The molecule has 1 aromatic rings. The van der Waals surface area contributed by atoms with E-state index in [1.165, 1.54) is 0 Å². The third-order valence-corrected chi connectivity index (χ3v) is 11.4. The lowest BCUT2D eigenvalue weighted by molar-refractivity contribution is -0.145. The number of hydrogen-bond donors (Lipinski definition) is 1. The number of ether oxygens (including phenoxy) is 2. The fourth-order valence-electron chi connectivity index (χ4n) is 7.44. The number of carbonyl (C=O) groups excluding carboxylic acids is 3. The van der Waals surface area contributed by atoms with Crippen molar-refractivity contribution >= 4 is 35.2 Å². The van der Waals surface area contributed by atoms with E-state index in [1.54, 1.807) is 45.5 Å². The van der Waals surface area contributed by atoms with Crippen LogP contribution in [0.15, 0.2) is 49.6 Å². The van der Waals surface area contributed by atoms with Crippen LogP contribution >= 0.6 is 11.8 Å². The van der Waals surface area contributed by atoms with Gasteiger partial charge in [0, 0.05) is 50.2 Å². The van der Waals surface area contributed by atoms with Gasteiger partial charge in [-0.15, -0.1) is 24.9 Å². The van der Waals surface area contributed by atoms with Crippen molar-refractivity contribution in [2.45, 2.75) is 48.8 Å². The van der Waals surface area contributed by atoms with Crippen LogP contribution in [0.3, 0.4) is 0 Å². The van der Waals surface area contributed by atoms with E-state index in [0.29, 0.717) is 58.1 Å². The quantitative estimate of drug-likeness (QED) is 0.314. The lowest BCUT2D eigenvalue weighted by Crippen LogP contribution is -2.58. The molecule has 2 unspecified atom stereocenters. The molecule has 0 saturated carbocycles. The van der Waals surface area contributed by atoms with Crippen molar-refractivity contribution < 1.29 is 29.0 Å². The number of benzene rings is 1. The summed E-state index contributed by atoms with van der Waals surface area (Å²) in [5, 5.41) is 10.2. The number of nitrogens with zero attached hydrogens (tertiary/aromatic N) is 4. The van der Waals surface area contributed by atoms with Crippen molar-refractivity contribution in [3.8, 4) is 5.75 Å². The summed E-state index contributed by atoms with van der Waals surface area (Å²) >= 11 is 1.64. The molecule has 10 nitrogen and oxygen atoms in total. The van der Waals surface area contributed by atoms with E-state index in [9.17, 15) is 19.5 Å². The summed E-state index contributed by atoms with van der Waals surface area (Å²) < 4.78 is 10.3. The van der Waals surface area contributed by atoms with Crippen LogP contribution in [0, 0.1) is 11.8 Å². The van der Waals surface area contributed by atoms with Crippen molar-refractivity contribution in [2.75, 3.05) is 70.6 Å². The van der Waals surface area contributed by atoms with Gasteiger partial charge in [0.15, 0.2) is 0 Å². The predicted octanol–water partition coefficient (Wildman–Crippen LogP) is 2.42. The number of morpholine rings is 1. The Morgan fingerprint density at radius 1 is 1.18 bits per heavy atom. The third kappa shape index (κ3) is 5.91. The van der Waals surface area contributed by atoms with Crippen LogP contribution in [0.4, 0.5) is 5.69 Å². The number of amides is 3. The Hall–Kier alpha value is -2.86. The lowest BCUT2D eigenvalue weighted by atomic mass is 9.70. The molecule has 1 aromatic carbocycles. The number of hydrogen-bond acceptors (Lipinski definition) is 8. The van der Waals surface area contributed by atoms with Crippen molar-refractivity contribution in [1.29, 1.82) is 0 Å². The van der Waals surface area contributed by atoms with Crippen molar-refractivity contribution in [3.63, 3.8) is 0 Å². The molecule has 5 rings (SSSR count). The zero-order valence-corrected chi connectivity index (χ0v) is 26.8. The Labute approximate surface area is 265 Å². The molecule has 4 saturated heterocycles. The zero-order valence-electron chi connectivity index (χ0n) is 25.9. The Balaban J connectivity index is 1.45. The number of likely N-dealkylation sites (tertiary alicyclic amines) is 1. The Bertz CT molecular complexity index is 1220. The summed E-state index contributed by atoms with van der Waals surface area (Å²) in [5.74, 6) is -0.997. The molecule has 6 atom stereocenters. The lowest BCUT2D eigenvalue weighted by Gasteiger charge is -2.39. The van der Waals surface area contributed by atoms with Gasteiger partial charge in [0.1, 0.15) is 11.8 Å². The molecule has 4 aliphatic rings. The van der Waals surface area contributed by atoms with Gasteiger partial charge in [0.2, 0.25) is 17.7 Å². The Morgan fingerprint density at radius 3 is 2.52 bits per heavy atom. The minimum atomic E-state index is -0.766. The number of carbonyl (C=O) groups is 3. The van der Waals surface area contributed by atoms with Gasteiger partial charge in [0.05, 0.1) is 49.1 Å². The molecule has 1 spiro atoms. The third-order valence-electron chi connectivity index (χ3n) is 9.48. The summed E-state index contributed by atoms with van der Waals surface area (Å²) in [7, 11) is 0. The van der Waals surface area contributed by atoms with E-state index in [4.69, 9.17) is 9.47 Å². The number of fused-ring (bicyclic) bond motifs is 1. The molecule has 4 aliphatic heterocycles. The summed E-state index contributed by atoms with van der Waals surface area (Å²) in [4.78, 5) is 50.8. The maximum Gasteiger partial charge on any atom is 0.247 e. The molecule has 4 fully saturated rings. The highest BCUT2D eigenvalue weighted by molar-refractivity contribution is 8.02. The fraction of sp³-hybridized carbons (Fsp3) is 0.606. The molecular weight excluding hydrogens is 580 g/mol. The van der Waals surface area contributed by atoms with E-state index < -0.39 is 28.7 Å². The summed E-state index contributed by atoms with van der Waals surface area (Å²) in [5.41, 5.74) is 0.708. The molecule has 240 valence electrons. The fourth-order valence-corrected chi connectivity index (χ4v) is 9.63. The van der Waals surface area contributed by atoms with Gasteiger partial charge >= 0.3 is 0 Å². The van der Waals surface area contributed by atoms with Gasteiger partial charge in [-0.1, -0.05) is 12.2 Å². The maximum absolute atomic E-state index is 14.6. The molecule has 4 heterocycles. The number of aliphatic hydroxyl groups excluding tert-OH is 1. The second kappa shape index (κ2) is 14.1. The van der Waals surface area contributed by atoms with Crippen molar-refractivity contribution in [2.24, 2.45) is 11.8 Å². The summed E-state index contributed by atoms with van der Waals surface area (Å²) in [6.07, 6.45) is 4.83. The van der Waals surface area contributed by atoms with E-state index in [2.05, 4.69) is 18.1 Å². The molecule has 44 heavy (non-hydrogen) atoms. The van der Waals surface area contributed by atoms with Gasteiger partial charge in [-0.25, -0.2) is 0 Å². The number of anilines is 1. The van der Waals surface area contributed by atoms with Crippen molar-refractivity contribution in [3.05, 3.63) is 49.6 Å². The molecule has 1 N–H and O–H groups in total. The minimum Gasteiger partial charge on any atom is -0.494 e. The Morgan fingerprint density at radius 2 is 1.89 bits per heavy atom. The molecular formula is C33H46N4O6S. The van der Waals surface area contributed by atoms with E-state index in [-0.39, 0.29) is 29.6 Å². The highest BCUT2D eigenvalue weighted by Gasteiger charge is 2.74. The van der Waals surface area contributed by atoms with Crippen LogP contribution in [0.25, 0.3) is 0 Å². The predicted molar refractivity (Wildman–Crippen MR) is 172 cm³/mol. The molecule has 11 heteroatoms. The first-order chi connectivity index (χ1) is 21.3. The average Bonchev–Trinajstić information content (AvgIpc) is 3.69. The van der Waals surface area contributed by atoms with Crippen LogP contribution in [-0.2, 0) is 19.1 Å². The molecule has 0 aromatic heterocycles. The molecule has 0 aliphatic carbocycles. The highest BCUT2D eigenvalue weighted by Crippen LogP contribution is 2.67. The average molecular weight is 627 g/mol. The minimum absolute atomic E-state index is 0.0745. The largest absolute Gasteiger partial charge is 0.494 e. The first-order valence-electron chi connectivity index (χ1n) is 15.8. The highest BCUT2D eigenvalue weighted by atomic mass is 32.2. The smallest absolute Gasteiger partial charge is 0.247 e. The first kappa shape index (κ1) is 32.5. The number of thioether (sulfide) groups is 1. The SMILES string of the molecule is C=CCN(CCN1CCOCC1)C(=O)C1N([C@H](C)CO)C(=O)[C@@H]2[C@H](C(=O)N(CC=C)c3ccc(OCC)cc3)[C@@H]3CCC12S3. The second-order valence-corrected chi connectivity index (χ2v) is 13.6. The van der Waals surface area contributed by atoms with Crippen LogP contribution in [0.1, 0.15) is 26.7 Å². The van der Waals surface area contributed by atoms with Crippen LogP contribution < -0.4 is 9.64 Å². The van der Waals surface area contributed by atoms with Gasteiger partial charge in [-0.2, -0.15) is 0 Å². The van der Waals surface area contributed by atoms with Gasteiger partial charge in [-0.3, -0.25) is 19.3 Å². The van der Waals surface area contributed by atoms with Gasteiger partial charge in [-0.05, 0) is 51.0 Å². The topological polar surface area (TPSA) is 103 Å².